The highest BCUT2D eigenvalue weighted by atomic mass is 32.1. The Bertz CT molecular complexity index is 3510. The lowest BCUT2D eigenvalue weighted by Crippen LogP contribution is -2.88. The lowest BCUT2D eigenvalue weighted by molar-refractivity contribution is -0.412. The first-order chi connectivity index (χ1) is 31.2. The average Bonchev–Trinajstić information content (AvgIpc) is 3.85. The van der Waals surface area contributed by atoms with Crippen LogP contribution in [0.5, 0.6) is 0 Å². The Morgan fingerprint density at radius 2 is 1.05 bits per heavy atom. The van der Waals surface area contributed by atoms with Gasteiger partial charge >= 0.3 is 0 Å². The Balaban J connectivity index is 0.940. The van der Waals surface area contributed by atoms with Crippen molar-refractivity contribution in [2.75, 3.05) is 4.90 Å². The SMILES string of the molecule is c1ccc(-c2cccc3cccc(-c4ccccc4N(c4ccc(-c5cccc6c5sc5ccccc56)cc4)c4ccc5c(c4)C4(c6ccccc6-5)C5CC6CC7CC4C675)c23)cc1. The van der Waals surface area contributed by atoms with Gasteiger partial charge in [0.2, 0.25) is 0 Å². The van der Waals surface area contributed by atoms with Crippen LogP contribution in [0.25, 0.3) is 75.5 Å². The Labute approximate surface area is 371 Å². The molecule has 15 rings (SSSR count). The first kappa shape index (κ1) is 34.8. The van der Waals surface area contributed by atoms with Gasteiger partial charge in [-0.15, -0.1) is 11.3 Å². The van der Waals surface area contributed by atoms with Gasteiger partial charge in [-0.05, 0) is 146 Å². The van der Waals surface area contributed by atoms with Crippen molar-refractivity contribution in [2.45, 2.75) is 24.7 Å². The van der Waals surface area contributed by atoms with E-state index in [0.717, 1.165) is 23.7 Å². The molecule has 0 radical (unpaired) electrons. The van der Waals surface area contributed by atoms with Crippen LogP contribution in [-0.4, -0.2) is 0 Å². The summed E-state index contributed by atoms with van der Waals surface area (Å²) < 4.78 is 2.69. The number of benzene rings is 9. The number of nitrogens with zero attached hydrogens (tertiary/aromatic N) is 1. The van der Waals surface area contributed by atoms with Crippen LogP contribution in [0.15, 0.2) is 200 Å². The summed E-state index contributed by atoms with van der Waals surface area (Å²) in [4.78, 5) is 2.57. The van der Waals surface area contributed by atoms with Gasteiger partial charge < -0.3 is 4.90 Å². The maximum atomic E-state index is 2.64. The largest absolute Gasteiger partial charge is 0.310 e. The molecule has 63 heavy (non-hydrogen) atoms. The van der Waals surface area contributed by atoms with Crippen LogP contribution in [0.1, 0.15) is 30.4 Å². The van der Waals surface area contributed by atoms with Crippen LogP contribution in [0.3, 0.4) is 0 Å². The number of fused-ring (bicyclic) bond motifs is 11. The van der Waals surface area contributed by atoms with E-state index in [1.165, 1.54) is 112 Å². The monoisotopic (exact) mass is 821 g/mol. The molecule has 4 atom stereocenters. The fraction of sp³-hybridized carbons (Fsp3) is 0.148. The third kappa shape index (κ3) is 4.29. The van der Waals surface area contributed by atoms with Crippen LogP contribution in [0.2, 0.25) is 0 Å². The van der Waals surface area contributed by atoms with Gasteiger partial charge in [-0.1, -0.05) is 164 Å². The molecule has 4 fully saturated rings. The number of anilines is 3. The number of hydrogen-bond donors (Lipinski definition) is 0. The highest BCUT2D eigenvalue weighted by molar-refractivity contribution is 7.26. The van der Waals surface area contributed by atoms with E-state index in [1.54, 1.807) is 11.1 Å². The van der Waals surface area contributed by atoms with E-state index < -0.39 is 0 Å². The van der Waals surface area contributed by atoms with E-state index in [1.807, 2.05) is 11.3 Å². The molecule has 0 N–H and O–H groups in total. The zero-order chi connectivity index (χ0) is 41.0. The molecule has 4 saturated carbocycles. The summed E-state index contributed by atoms with van der Waals surface area (Å²) in [5.74, 6) is 3.49. The minimum Gasteiger partial charge on any atom is -0.310 e. The van der Waals surface area contributed by atoms with Gasteiger partial charge in [0, 0.05) is 42.5 Å². The number of para-hydroxylation sites is 1. The summed E-state index contributed by atoms with van der Waals surface area (Å²) in [6.07, 6.45) is 4.28. The van der Waals surface area contributed by atoms with Gasteiger partial charge in [-0.25, -0.2) is 0 Å². The molecule has 1 aromatic heterocycles. The van der Waals surface area contributed by atoms with Gasteiger partial charge in [0.05, 0.1) is 5.69 Å². The quantitative estimate of drug-likeness (QED) is 0.161. The lowest BCUT2D eigenvalue weighted by Gasteiger charge is -2.92. The summed E-state index contributed by atoms with van der Waals surface area (Å²) in [5.41, 5.74) is 18.0. The molecule has 4 unspecified atom stereocenters. The van der Waals surface area contributed by atoms with Crippen LogP contribution in [0, 0.1) is 29.1 Å². The van der Waals surface area contributed by atoms with E-state index in [-0.39, 0.29) is 5.41 Å². The standard InChI is InChI=1S/C61H43NS/c1-2-13-37(14-3-1)44-20-10-15-39-16-11-22-50(58(39)44)48-18-5-8-25-54(48)62(42-29-27-38(28-30-42)45-21-12-23-51-49-19-6-9-26-55(49)63-59(45)51)43-31-32-47-46-17-4-7-24-52(46)61(53(47)36-43)56-34-40-33-41-35-57(61)60(40,41)56/h1-32,36,40-41,56-57H,33-35H2. The highest BCUT2D eigenvalue weighted by Gasteiger charge is 2.90. The third-order valence-corrected chi connectivity index (χ3v) is 18.2. The van der Waals surface area contributed by atoms with Crippen molar-refractivity contribution in [3.63, 3.8) is 0 Å². The van der Waals surface area contributed by atoms with Crippen molar-refractivity contribution in [2.24, 2.45) is 29.1 Å². The maximum Gasteiger partial charge on any atom is 0.0540 e. The fourth-order valence-corrected chi connectivity index (χ4v) is 15.8. The molecular weight excluding hydrogens is 779 g/mol. The smallest absolute Gasteiger partial charge is 0.0540 e. The Morgan fingerprint density at radius 1 is 0.429 bits per heavy atom. The molecule has 5 aliphatic rings. The highest BCUT2D eigenvalue weighted by Crippen LogP contribution is 2.94. The molecule has 9 aromatic carbocycles. The second kappa shape index (κ2) is 12.5. The van der Waals surface area contributed by atoms with E-state index in [0.29, 0.717) is 5.41 Å². The minimum absolute atomic E-state index is 0.132. The first-order valence-corrected chi connectivity index (χ1v) is 23.8. The van der Waals surface area contributed by atoms with Crippen molar-refractivity contribution in [3.8, 4) is 44.5 Å². The number of rotatable bonds is 6. The van der Waals surface area contributed by atoms with Gasteiger partial charge in [0.25, 0.3) is 0 Å². The molecule has 0 saturated heterocycles. The molecule has 1 nitrogen and oxygen atoms in total. The molecule has 0 amide bonds. The predicted molar refractivity (Wildman–Crippen MR) is 264 cm³/mol. The van der Waals surface area contributed by atoms with Gasteiger partial charge in [0.1, 0.15) is 0 Å². The van der Waals surface area contributed by atoms with Crippen molar-refractivity contribution >= 4 is 59.3 Å². The van der Waals surface area contributed by atoms with Gasteiger partial charge in [-0.2, -0.15) is 0 Å². The lowest BCUT2D eigenvalue weighted by atomic mass is 9.11. The molecule has 2 spiro atoms. The van der Waals surface area contributed by atoms with Crippen molar-refractivity contribution in [3.05, 3.63) is 211 Å². The van der Waals surface area contributed by atoms with Gasteiger partial charge in [-0.3, -0.25) is 0 Å². The molecule has 10 aromatic rings. The Hall–Kier alpha value is -6.74. The second-order valence-electron chi connectivity index (χ2n) is 19.1. The molecular formula is C61H43NS. The predicted octanol–water partition coefficient (Wildman–Crippen LogP) is 16.6. The second-order valence-corrected chi connectivity index (χ2v) is 20.2. The zero-order valence-electron chi connectivity index (χ0n) is 34.8. The number of thiophene rings is 1. The fourth-order valence-electron chi connectivity index (χ4n) is 14.6. The summed E-state index contributed by atoms with van der Waals surface area (Å²) in [7, 11) is 0. The van der Waals surface area contributed by atoms with E-state index in [2.05, 4.69) is 205 Å². The summed E-state index contributed by atoms with van der Waals surface area (Å²) in [6.45, 7) is 0. The van der Waals surface area contributed by atoms with Gasteiger partial charge in [0.15, 0.2) is 0 Å². The summed E-state index contributed by atoms with van der Waals surface area (Å²) in [5, 5.41) is 5.21. The molecule has 5 aliphatic carbocycles. The summed E-state index contributed by atoms with van der Waals surface area (Å²) >= 11 is 1.90. The third-order valence-electron chi connectivity index (χ3n) is 17.0. The topological polar surface area (TPSA) is 3.24 Å². The van der Waals surface area contributed by atoms with Crippen molar-refractivity contribution in [1.82, 2.24) is 0 Å². The van der Waals surface area contributed by atoms with Crippen molar-refractivity contribution in [1.29, 1.82) is 0 Å². The molecule has 0 aliphatic heterocycles. The average molecular weight is 822 g/mol. The first-order valence-electron chi connectivity index (χ1n) is 22.9. The normalized spacial score (nSPS) is 24.1. The molecule has 1 heterocycles. The molecule has 298 valence electrons. The Morgan fingerprint density at radius 3 is 1.87 bits per heavy atom. The van der Waals surface area contributed by atoms with Crippen LogP contribution < -0.4 is 4.90 Å². The maximum absolute atomic E-state index is 2.64. The molecule has 2 heteroatoms. The Kier molecular flexibility index (Phi) is 6.88. The minimum atomic E-state index is 0.132. The van der Waals surface area contributed by atoms with E-state index in [9.17, 15) is 0 Å². The van der Waals surface area contributed by atoms with Crippen LogP contribution in [-0.2, 0) is 5.41 Å². The van der Waals surface area contributed by atoms with E-state index >= 15 is 0 Å². The van der Waals surface area contributed by atoms with Crippen LogP contribution >= 0.6 is 11.3 Å². The van der Waals surface area contributed by atoms with E-state index in [4.69, 9.17) is 0 Å². The van der Waals surface area contributed by atoms with Crippen molar-refractivity contribution < 1.29 is 0 Å². The van der Waals surface area contributed by atoms with Crippen LogP contribution in [0.4, 0.5) is 17.1 Å². The number of hydrogen-bond acceptors (Lipinski definition) is 2. The summed E-state index contributed by atoms with van der Waals surface area (Å²) in [6, 6.07) is 75.7. The zero-order valence-corrected chi connectivity index (χ0v) is 35.7. The molecule has 0 bridgehead atoms.